The summed E-state index contributed by atoms with van der Waals surface area (Å²) in [6.07, 6.45) is 1.80. The number of thioether (sulfide) groups is 1. The molecule has 0 saturated heterocycles. The van der Waals surface area contributed by atoms with Crippen molar-refractivity contribution in [3.63, 3.8) is 0 Å². The number of hydrogen-bond acceptors (Lipinski definition) is 2. The van der Waals surface area contributed by atoms with E-state index >= 15 is 0 Å². The number of benzene rings is 1. The molecule has 76 valence electrons. The second kappa shape index (κ2) is 5.00. The molecule has 0 aliphatic heterocycles. The van der Waals surface area contributed by atoms with Gasteiger partial charge in [-0.1, -0.05) is 18.2 Å². The number of carbonyl (C=O) groups is 1. The van der Waals surface area contributed by atoms with E-state index in [-0.39, 0.29) is 5.56 Å². The quantitative estimate of drug-likeness (QED) is 0.836. The lowest BCUT2D eigenvalue weighted by atomic mass is 10.0. The third-order valence-electron chi connectivity index (χ3n) is 1.91. The second-order valence-corrected chi connectivity index (χ2v) is 3.78. The van der Waals surface area contributed by atoms with E-state index in [4.69, 9.17) is 5.11 Å². The summed E-state index contributed by atoms with van der Waals surface area (Å²) in [7, 11) is 0. The van der Waals surface area contributed by atoms with Crippen LogP contribution in [0.2, 0.25) is 0 Å². The van der Waals surface area contributed by atoms with Crippen LogP contribution in [0.1, 0.15) is 11.5 Å². The van der Waals surface area contributed by atoms with Crippen molar-refractivity contribution < 1.29 is 14.3 Å². The van der Waals surface area contributed by atoms with Crippen molar-refractivity contribution in [1.29, 1.82) is 0 Å². The van der Waals surface area contributed by atoms with Gasteiger partial charge in [-0.05, 0) is 12.3 Å². The summed E-state index contributed by atoms with van der Waals surface area (Å²) in [5.74, 6) is -1.80. The van der Waals surface area contributed by atoms with Gasteiger partial charge in [0.05, 0.1) is 5.92 Å². The van der Waals surface area contributed by atoms with Crippen LogP contribution >= 0.6 is 11.8 Å². The van der Waals surface area contributed by atoms with Crippen LogP contribution in [0, 0.1) is 5.82 Å². The molecule has 0 aromatic heterocycles. The first-order valence-corrected chi connectivity index (χ1v) is 5.52. The molecule has 14 heavy (non-hydrogen) atoms. The Bertz CT molecular complexity index is 328. The summed E-state index contributed by atoms with van der Waals surface area (Å²) in [5, 5.41) is 8.90. The van der Waals surface area contributed by atoms with Gasteiger partial charge in [0.1, 0.15) is 5.82 Å². The Morgan fingerprint density at radius 3 is 2.71 bits per heavy atom. The summed E-state index contributed by atoms with van der Waals surface area (Å²) >= 11 is 1.39. The molecule has 0 radical (unpaired) electrons. The van der Waals surface area contributed by atoms with E-state index in [0.29, 0.717) is 5.75 Å². The molecule has 4 heteroatoms. The van der Waals surface area contributed by atoms with Crippen LogP contribution < -0.4 is 0 Å². The normalized spacial score (nSPS) is 12.4. The molecule has 1 aromatic rings. The Morgan fingerprint density at radius 1 is 1.57 bits per heavy atom. The molecule has 0 aliphatic carbocycles. The smallest absolute Gasteiger partial charge is 0.311 e. The molecule has 2 nitrogen and oxygen atoms in total. The topological polar surface area (TPSA) is 37.3 Å². The highest BCUT2D eigenvalue weighted by atomic mass is 32.2. The molecule has 1 aromatic carbocycles. The van der Waals surface area contributed by atoms with Gasteiger partial charge in [-0.2, -0.15) is 11.8 Å². The van der Waals surface area contributed by atoms with E-state index in [2.05, 4.69) is 0 Å². The lowest BCUT2D eigenvalue weighted by Crippen LogP contribution is -2.15. The monoisotopic (exact) mass is 214 g/mol. The molecule has 1 rings (SSSR count). The highest BCUT2D eigenvalue weighted by Gasteiger charge is 2.21. The summed E-state index contributed by atoms with van der Waals surface area (Å²) < 4.78 is 13.3. The van der Waals surface area contributed by atoms with Crippen LogP contribution in [-0.2, 0) is 4.79 Å². The largest absolute Gasteiger partial charge is 0.481 e. The first-order valence-electron chi connectivity index (χ1n) is 4.13. The molecule has 1 atom stereocenters. The van der Waals surface area contributed by atoms with Crippen LogP contribution in [0.15, 0.2) is 24.3 Å². The van der Waals surface area contributed by atoms with Crippen LogP contribution in [0.5, 0.6) is 0 Å². The SMILES string of the molecule is CSCC(C(=O)O)c1ccccc1F. The summed E-state index contributed by atoms with van der Waals surface area (Å²) in [6, 6.07) is 6.00. The van der Waals surface area contributed by atoms with E-state index in [1.54, 1.807) is 18.4 Å². The number of carboxylic acids is 1. The van der Waals surface area contributed by atoms with Crippen molar-refractivity contribution in [1.82, 2.24) is 0 Å². The highest BCUT2D eigenvalue weighted by molar-refractivity contribution is 7.98. The molecular weight excluding hydrogens is 203 g/mol. The molecule has 1 N–H and O–H groups in total. The predicted molar refractivity (Wildman–Crippen MR) is 55.2 cm³/mol. The molecule has 0 amide bonds. The number of aliphatic carboxylic acids is 1. The van der Waals surface area contributed by atoms with Gasteiger partial charge in [0.15, 0.2) is 0 Å². The Balaban J connectivity index is 2.99. The fourth-order valence-electron chi connectivity index (χ4n) is 1.22. The highest BCUT2D eigenvalue weighted by Crippen LogP contribution is 2.22. The first-order chi connectivity index (χ1) is 6.66. The third-order valence-corrected chi connectivity index (χ3v) is 2.58. The zero-order valence-corrected chi connectivity index (χ0v) is 8.55. The summed E-state index contributed by atoms with van der Waals surface area (Å²) in [6.45, 7) is 0. The van der Waals surface area contributed by atoms with Crippen LogP contribution in [0.25, 0.3) is 0 Å². The van der Waals surface area contributed by atoms with Crippen molar-refractivity contribution in [3.8, 4) is 0 Å². The minimum atomic E-state index is -0.982. The molecule has 0 spiro atoms. The van der Waals surface area contributed by atoms with Crippen molar-refractivity contribution >= 4 is 17.7 Å². The van der Waals surface area contributed by atoms with Gasteiger partial charge in [0.2, 0.25) is 0 Å². The van der Waals surface area contributed by atoms with Crippen molar-refractivity contribution in [2.45, 2.75) is 5.92 Å². The van der Waals surface area contributed by atoms with Crippen molar-refractivity contribution in [2.75, 3.05) is 12.0 Å². The molecule has 1 unspecified atom stereocenters. The predicted octanol–water partition coefficient (Wildman–Crippen LogP) is 2.36. The molecular formula is C10H11FO2S. The fourth-order valence-corrected chi connectivity index (χ4v) is 1.87. The standard InChI is InChI=1S/C10H11FO2S/c1-14-6-8(10(12)13)7-4-2-3-5-9(7)11/h2-5,8H,6H2,1H3,(H,12,13). The van der Waals surface area contributed by atoms with Gasteiger partial charge in [-0.3, -0.25) is 4.79 Å². The zero-order chi connectivity index (χ0) is 10.6. The first kappa shape index (κ1) is 11.0. The van der Waals surface area contributed by atoms with E-state index in [1.165, 1.54) is 23.9 Å². The van der Waals surface area contributed by atoms with Crippen LogP contribution in [-0.4, -0.2) is 23.1 Å². The number of rotatable bonds is 4. The van der Waals surface area contributed by atoms with Gasteiger partial charge in [-0.25, -0.2) is 4.39 Å². The molecule has 0 saturated carbocycles. The van der Waals surface area contributed by atoms with Crippen molar-refractivity contribution in [2.24, 2.45) is 0 Å². The lowest BCUT2D eigenvalue weighted by Gasteiger charge is -2.11. The van der Waals surface area contributed by atoms with E-state index < -0.39 is 17.7 Å². The maximum absolute atomic E-state index is 13.3. The fraction of sp³-hybridized carbons (Fsp3) is 0.300. The maximum atomic E-state index is 13.3. The van der Waals surface area contributed by atoms with Gasteiger partial charge in [0, 0.05) is 11.3 Å². The summed E-state index contributed by atoms with van der Waals surface area (Å²) in [4.78, 5) is 10.9. The maximum Gasteiger partial charge on any atom is 0.311 e. The van der Waals surface area contributed by atoms with Gasteiger partial charge < -0.3 is 5.11 Å². The lowest BCUT2D eigenvalue weighted by molar-refractivity contribution is -0.138. The zero-order valence-electron chi connectivity index (χ0n) is 7.74. The Labute approximate surface area is 86.1 Å². The minimum Gasteiger partial charge on any atom is -0.481 e. The molecule has 0 bridgehead atoms. The van der Waals surface area contributed by atoms with Gasteiger partial charge in [-0.15, -0.1) is 0 Å². The van der Waals surface area contributed by atoms with Gasteiger partial charge in [0.25, 0.3) is 0 Å². The van der Waals surface area contributed by atoms with Crippen molar-refractivity contribution in [3.05, 3.63) is 35.6 Å². The molecule has 0 aliphatic rings. The Hall–Kier alpha value is -1.03. The second-order valence-electron chi connectivity index (χ2n) is 2.87. The number of hydrogen-bond donors (Lipinski definition) is 1. The van der Waals surface area contributed by atoms with E-state index in [0.717, 1.165) is 0 Å². The minimum absolute atomic E-state index is 0.259. The number of halogens is 1. The molecule has 0 heterocycles. The van der Waals surface area contributed by atoms with Gasteiger partial charge >= 0.3 is 5.97 Å². The average molecular weight is 214 g/mol. The average Bonchev–Trinajstić information content (AvgIpc) is 2.15. The summed E-state index contributed by atoms with van der Waals surface area (Å²) in [5.41, 5.74) is 0.259. The van der Waals surface area contributed by atoms with E-state index in [1.807, 2.05) is 0 Å². The Morgan fingerprint density at radius 2 is 2.21 bits per heavy atom. The number of carboxylic acid groups (broad SMARTS) is 1. The Kier molecular flexibility index (Phi) is 3.95. The molecule has 0 fully saturated rings. The van der Waals surface area contributed by atoms with Crippen LogP contribution in [0.3, 0.4) is 0 Å². The van der Waals surface area contributed by atoms with Crippen LogP contribution in [0.4, 0.5) is 4.39 Å². The third kappa shape index (κ3) is 2.48. The van der Waals surface area contributed by atoms with E-state index in [9.17, 15) is 9.18 Å².